The van der Waals surface area contributed by atoms with Crippen molar-refractivity contribution >= 4 is 10.1 Å². The first-order valence-corrected chi connectivity index (χ1v) is 8.88. The van der Waals surface area contributed by atoms with Crippen LogP contribution >= 0.6 is 0 Å². The topological polar surface area (TPSA) is 71.1 Å². The summed E-state index contributed by atoms with van der Waals surface area (Å²) in [6.45, 7) is 4.19. The molecule has 1 aliphatic rings. The molecule has 1 aromatic carbocycles. The van der Waals surface area contributed by atoms with Crippen LogP contribution < -0.4 is 0 Å². The minimum atomic E-state index is -3.54. The predicted octanol–water partition coefficient (Wildman–Crippen LogP) is 1.70. The van der Waals surface area contributed by atoms with Crippen molar-refractivity contribution in [3.05, 3.63) is 35.9 Å². The van der Waals surface area contributed by atoms with Crippen LogP contribution in [0.3, 0.4) is 0 Å². The van der Waals surface area contributed by atoms with Crippen molar-refractivity contribution in [2.75, 3.05) is 19.5 Å². The van der Waals surface area contributed by atoms with E-state index in [0.29, 0.717) is 13.2 Å². The lowest BCUT2D eigenvalue weighted by Gasteiger charge is -2.24. The highest BCUT2D eigenvalue weighted by Gasteiger charge is 2.38. The molecule has 0 radical (unpaired) electrons. The van der Waals surface area contributed by atoms with Gasteiger partial charge in [-0.1, -0.05) is 30.3 Å². The van der Waals surface area contributed by atoms with E-state index >= 15 is 0 Å². The molecule has 7 heteroatoms. The Kier molecular flexibility index (Phi) is 5.57. The standard InChI is InChI=1S/C15H22O6S/c1-15(2)19-10-14(21-15)13(11-20-22(3,16)17)18-9-12-7-5-4-6-8-12/h4-8,13-14H,9-11H2,1-3H3/t13-,14-/m1/s1. The van der Waals surface area contributed by atoms with Crippen LogP contribution in [0.1, 0.15) is 19.4 Å². The Morgan fingerprint density at radius 1 is 1.32 bits per heavy atom. The molecule has 2 atom stereocenters. The molecular weight excluding hydrogens is 308 g/mol. The average molecular weight is 330 g/mol. The fourth-order valence-corrected chi connectivity index (χ4v) is 2.51. The van der Waals surface area contributed by atoms with Crippen LogP contribution in [0.5, 0.6) is 0 Å². The molecule has 22 heavy (non-hydrogen) atoms. The fourth-order valence-electron chi connectivity index (χ4n) is 2.13. The molecule has 2 rings (SSSR count). The molecule has 124 valence electrons. The number of hydrogen-bond acceptors (Lipinski definition) is 6. The molecule has 0 saturated carbocycles. The number of hydrogen-bond donors (Lipinski definition) is 0. The average Bonchev–Trinajstić information content (AvgIpc) is 2.79. The molecular formula is C15H22O6S. The van der Waals surface area contributed by atoms with Crippen LogP contribution in [-0.2, 0) is 35.1 Å². The second-order valence-corrected chi connectivity index (χ2v) is 7.33. The van der Waals surface area contributed by atoms with Gasteiger partial charge in [0.1, 0.15) is 12.2 Å². The number of benzene rings is 1. The molecule has 0 N–H and O–H groups in total. The van der Waals surface area contributed by atoms with Gasteiger partial charge in [0.15, 0.2) is 5.79 Å². The lowest BCUT2D eigenvalue weighted by molar-refractivity contribution is -0.160. The van der Waals surface area contributed by atoms with Gasteiger partial charge in [0.25, 0.3) is 10.1 Å². The van der Waals surface area contributed by atoms with Crippen molar-refractivity contribution in [3.8, 4) is 0 Å². The molecule has 1 saturated heterocycles. The largest absolute Gasteiger partial charge is 0.368 e. The first kappa shape index (κ1) is 17.4. The molecule has 0 aliphatic carbocycles. The summed E-state index contributed by atoms with van der Waals surface area (Å²) >= 11 is 0. The Bertz CT molecular complexity index is 569. The lowest BCUT2D eigenvalue weighted by atomic mass is 10.2. The number of rotatable bonds is 7. The molecule has 6 nitrogen and oxygen atoms in total. The van der Waals surface area contributed by atoms with Gasteiger partial charge in [-0.05, 0) is 19.4 Å². The highest BCUT2D eigenvalue weighted by Crippen LogP contribution is 2.26. The Morgan fingerprint density at radius 2 is 2.00 bits per heavy atom. The van der Waals surface area contributed by atoms with Gasteiger partial charge in [-0.15, -0.1) is 0 Å². The maximum absolute atomic E-state index is 11.2. The Morgan fingerprint density at radius 3 is 2.55 bits per heavy atom. The zero-order valence-corrected chi connectivity index (χ0v) is 13.8. The highest BCUT2D eigenvalue weighted by molar-refractivity contribution is 7.85. The van der Waals surface area contributed by atoms with E-state index in [1.165, 1.54) is 0 Å². The monoisotopic (exact) mass is 330 g/mol. The third-order valence-corrected chi connectivity index (χ3v) is 3.76. The molecule has 0 spiro atoms. The van der Waals surface area contributed by atoms with E-state index in [-0.39, 0.29) is 12.7 Å². The summed E-state index contributed by atoms with van der Waals surface area (Å²) in [4.78, 5) is 0. The molecule has 0 amide bonds. The van der Waals surface area contributed by atoms with Gasteiger partial charge in [0.05, 0.1) is 26.1 Å². The molecule has 0 unspecified atom stereocenters. The SMILES string of the molecule is CC1(C)OC[C@H]([C@@H](COS(C)(=O)=O)OCc2ccccc2)O1. The van der Waals surface area contributed by atoms with E-state index in [1.54, 1.807) is 13.8 Å². The van der Waals surface area contributed by atoms with Crippen molar-refractivity contribution in [2.45, 2.75) is 38.4 Å². The van der Waals surface area contributed by atoms with Gasteiger partial charge in [0, 0.05) is 0 Å². The summed E-state index contributed by atoms with van der Waals surface area (Å²) < 4.78 is 44.3. The zero-order valence-electron chi connectivity index (χ0n) is 13.0. The van der Waals surface area contributed by atoms with Gasteiger partial charge in [-0.3, -0.25) is 4.18 Å². The van der Waals surface area contributed by atoms with E-state index in [1.807, 2.05) is 30.3 Å². The molecule has 1 fully saturated rings. The van der Waals surface area contributed by atoms with E-state index in [9.17, 15) is 8.42 Å². The van der Waals surface area contributed by atoms with Gasteiger partial charge in [-0.25, -0.2) is 0 Å². The normalized spacial score (nSPS) is 22.6. The summed E-state index contributed by atoms with van der Waals surface area (Å²) in [6, 6.07) is 9.62. The molecule has 0 aromatic heterocycles. The maximum Gasteiger partial charge on any atom is 0.264 e. The Hall–Kier alpha value is -0.990. The molecule has 1 aromatic rings. The third kappa shape index (κ3) is 5.66. The molecule has 1 aliphatic heterocycles. The minimum Gasteiger partial charge on any atom is -0.368 e. The third-order valence-electron chi connectivity index (χ3n) is 3.20. The lowest BCUT2D eigenvalue weighted by Crippen LogP contribution is -2.37. The Balaban J connectivity index is 1.98. The second-order valence-electron chi connectivity index (χ2n) is 5.69. The second kappa shape index (κ2) is 7.06. The van der Waals surface area contributed by atoms with Crippen LogP contribution in [-0.4, -0.2) is 45.9 Å². The van der Waals surface area contributed by atoms with Gasteiger partial charge in [-0.2, -0.15) is 8.42 Å². The van der Waals surface area contributed by atoms with E-state index in [0.717, 1.165) is 11.8 Å². The van der Waals surface area contributed by atoms with Gasteiger partial charge >= 0.3 is 0 Å². The maximum atomic E-state index is 11.2. The van der Waals surface area contributed by atoms with Crippen molar-refractivity contribution in [1.82, 2.24) is 0 Å². The zero-order chi connectivity index (χ0) is 16.2. The summed E-state index contributed by atoms with van der Waals surface area (Å²) in [5, 5.41) is 0. The molecule has 1 heterocycles. The highest BCUT2D eigenvalue weighted by atomic mass is 32.2. The van der Waals surface area contributed by atoms with Crippen LogP contribution in [0.15, 0.2) is 30.3 Å². The summed E-state index contributed by atoms with van der Waals surface area (Å²) in [6.07, 6.45) is 0.106. The quantitative estimate of drug-likeness (QED) is 0.709. The van der Waals surface area contributed by atoms with Crippen molar-refractivity contribution < 1.29 is 26.8 Å². The minimum absolute atomic E-state index is 0.101. The fraction of sp³-hybridized carbons (Fsp3) is 0.600. The van der Waals surface area contributed by atoms with Crippen molar-refractivity contribution in [3.63, 3.8) is 0 Å². The predicted molar refractivity (Wildman–Crippen MR) is 80.7 cm³/mol. The van der Waals surface area contributed by atoms with E-state index in [2.05, 4.69) is 0 Å². The van der Waals surface area contributed by atoms with E-state index in [4.69, 9.17) is 18.4 Å². The van der Waals surface area contributed by atoms with Crippen LogP contribution in [0.4, 0.5) is 0 Å². The Labute approximate surface area is 131 Å². The van der Waals surface area contributed by atoms with Gasteiger partial charge in [0.2, 0.25) is 0 Å². The van der Waals surface area contributed by atoms with Crippen LogP contribution in [0, 0.1) is 0 Å². The smallest absolute Gasteiger partial charge is 0.264 e. The summed E-state index contributed by atoms with van der Waals surface area (Å²) in [7, 11) is -3.54. The summed E-state index contributed by atoms with van der Waals surface area (Å²) in [5.74, 6) is -0.704. The van der Waals surface area contributed by atoms with Crippen LogP contribution in [0.25, 0.3) is 0 Å². The first-order chi connectivity index (χ1) is 10.3. The molecule has 0 bridgehead atoms. The van der Waals surface area contributed by atoms with Crippen molar-refractivity contribution in [2.24, 2.45) is 0 Å². The van der Waals surface area contributed by atoms with Crippen LogP contribution in [0.2, 0.25) is 0 Å². The van der Waals surface area contributed by atoms with Gasteiger partial charge < -0.3 is 14.2 Å². The van der Waals surface area contributed by atoms with E-state index < -0.39 is 22.0 Å². The number of ether oxygens (including phenoxy) is 3. The summed E-state index contributed by atoms with van der Waals surface area (Å²) in [5.41, 5.74) is 0.991. The van der Waals surface area contributed by atoms with Crippen molar-refractivity contribution in [1.29, 1.82) is 0 Å². The first-order valence-electron chi connectivity index (χ1n) is 7.07.